The van der Waals surface area contributed by atoms with Gasteiger partial charge in [-0.15, -0.1) is 0 Å². The van der Waals surface area contributed by atoms with Crippen LogP contribution in [0.2, 0.25) is 0 Å². The lowest BCUT2D eigenvalue weighted by Crippen LogP contribution is -2.30. The van der Waals surface area contributed by atoms with Gasteiger partial charge in [0.25, 0.3) is 0 Å². The van der Waals surface area contributed by atoms with Crippen molar-refractivity contribution < 1.29 is 28.9 Å². The molecule has 0 aliphatic carbocycles. The smallest absolute Gasteiger partial charge is 0.329 e. The zero-order valence-corrected chi connectivity index (χ0v) is 11.7. The van der Waals surface area contributed by atoms with Gasteiger partial charge in [0.15, 0.2) is 11.5 Å². The maximum atomic E-state index is 11.8. The Bertz CT molecular complexity index is 530. The number of nitrogens with zero attached hydrogens (tertiary/aromatic N) is 1. The zero-order chi connectivity index (χ0) is 15.2. The third kappa shape index (κ3) is 4.35. The van der Waals surface area contributed by atoms with Crippen LogP contribution in [-0.4, -0.2) is 55.4 Å². The van der Waals surface area contributed by atoms with Gasteiger partial charge in [-0.25, -0.2) is 4.79 Å². The second kappa shape index (κ2) is 6.94. The van der Waals surface area contributed by atoms with Gasteiger partial charge in [0.2, 0.25) is 5.91 Å². The Hall–Kier alpha value is -2.28. The van der Waals surface area contributed by atoms with Gasteiger partial charge in [-0.3, -0.25) is 4.79 Å². The third-order valence-corrected chi connectivity index (χ3v) is 2.90. The molecule has 0 aromatic heterocycles. The first-order valence-electron chi connectivity index (χ1n) is 6.48. The summed E-state index contributed by atoms with van der Waals surface area (Å²) in [5, 5.41) is 8.44. The van der Waals surface area contributed by atoms with Crippen LogP contribution < -0.4 is 9.47 Å². The normalized spacial score (nSPS) is 12.8. The molecule has 1 aliphatic heterocycles. The summed E-state index contributed by atoms with van der Waals surface area (Å²) in [5.41, 5.74) is 0.897. The Kier molecular flexibility index (Phi) is 4.99. The molecule has 0 spiro atoms. The van der Waals surface area contributed by atoms with Crippen molar-refractivity contribution in [3.63, 3.8) is 0 Å². The third-order valence-electron chi connectivity index (χ3n) is 2.90. The lowest BCUT2D eigenvalue weighted by atomic mass is 10.2. The van der Waals surface area contributed by atoms with Gasteiger partial charge < -0.3 is 24.2 Å². The first-order chi connectivity index (χ1) is 10.1. The number of carboxylic acids is 1. The highest BCUT2D eigenvalue weighted by atomic mass is 16.6. The van der Waals surface area contributed by atoms with Gasteiger partial charge in [-0.1, -0.05) is 6.07 Å². The second-order valence-corrected chi connectivity index (χ2v) is 4.61. The van der Waals surface area contributed by atoms with Crippen molar-refractivity contribution in [3.8, 4) is 11.5 Å². The minimum absolute atomic E-state index is 0.257. The SMILES string of the molecule is CN(Cc1ccc2c(c1)OCCO2)C(=O)COCC(=O)O. The van der Waals surface area contributed by atoms with E-state index in [0.717, 1.165) is 5.56 Å². The number of likely N-dealkylation sites (N-methyl/N-ethyl adjacent to an activating group) is 1. The summed E-state index contributed by atoms with van der Waals surface area (Å²) >= 11 is 0. The molecule has 0 atom stereocenters. The average Bonchev–Trinajstić information content (AvgIpc) is 2.46. The molecule has 0 unspecified atom stereocenters. The largest absolute Gasteiger partial charge is 0.486 e. The molecular weight excluding hydrogens is 278 g/mol. The van der Waals surface area contributed by atoms with E-state index in [1.165, 1.54) is 4.90 Å². The molecule has 0 bridgehead atoms. The Morgan fingerprint density at radius 2 is 1.95 bits per heavy atom. The molecule has 2 rings (SSSR count). The van der Waals surface area contributed by atoms with E-state index in [1.807, 2.05) is 18.2 Å². The van der Waals surface area contributed by atoms with Gasteiger partial charge in [0, 0.05) is 13.6 Å². The fourth-order valence-corrected chi connectivity index (χ4v) is 1.88. The van der Waals surface area contributed by atoms with Crippen LogP contribution in [0.15, 0.2) is 18.2 Å². The van der Waals surface area contributed by atoms with Gasteiger partial charge in [-0.2, -0.15) is 0 Å². The van der Waals surface area contributed by atoms with Crippen molar-refractivity contribution in [3.05, 3.63) is 23.8 Å². The van der Waals surface area contributed by atoms with Crippen LogP contribution in [0.1, 0.15) is 5.56 Å². The lowest BCUT2D eigenvalue weighted by molar-refractivity contribution is -0.145. The maximum absolute atomic E-state index is 11.8. The number of carboxylic acid groups (broad SMARTS) is 1. The van der Waals surface area contributed by atoms with E-state index in [1.54, 1.807) is 7.05 Å². The van der Waals surface area contributed by atoms with E-state index in [9.17, 15) is 9.59 Å². The molecule has 114 valence electrons. The standard InChI is InChI=1S/C14H17NO6/c1-15(13(16)8-19-9-14(17)18)7-10-2-3-11-12(6-10)21-5-4-20-11/h2-3,6H,4-5,7-9H2,1H3,(H,17,18). The summed E-state index contributed by atoms with van der Waals surface area (Å²) in [6.07, 6.45) is 0. The number of carbonyl (C=O) groups is 2. The number of aliphatic carboxylic acids is 1. The molecule has 0 saturated carbocycles. The van der Waals surface area contributed by atoms with Crippen molar-refractivity contribution >= 4 is 11.9 Å². The molecule has 1 N–H and O–H groups in total. The highest BCUT2D eigenvalue weighted by molar-refractivity contribution is 5.77. The Morgan fingerprint density at radius 1 is 1.24 bits per heavy atom. The predicted octanol–water partition coefficient (Wildman–Crippen LogP) is 0.517. The van der Waals surface area contributed by atoms with Gasteiger partial charge >= 0.3 is 5.97 Å². The van der Waals surface area contributed by atoms with Crippen LogP contribution in [0, 0.1) is 0 Å². The van der Waals surface area contributed by atoms with E-state index >= 15 is 0 Å². The highest BCUT2D eigenvalue weighted by Crippen LogP contribution is 2.30. The van der Waals surface area contributed by atoms with E-state index in [-0.39, 0.29) is 12.5 Å². The van der Waals surface area contributed by atoms with Crippen LogP contribution >= 0.6 is 0 Å². The van der Waals surface area contributed by atoms with Gasteiger partial charge in [0.05, 0.1) is 0 Å². The summed E-state index contributed by atoms with van der Waals surface area (Å²) in [7, 11) is 1.63. The molecule has 7 nitrogen and oxygen atoms in total. The molecule has 1 amide bonds. The van der Waals surface area contributed by atoms with Crippen molar-refractivity contribution in [2.45, 2.75) is 6.54 Å². The monoisotopic (exact) mass is 295 g/mol. The molecular formula is C14H17NO6. The van der Waals surface area contributed by atoms with Crippen molar-refractivity contribution in [2.75, 3.05) is 33.5 Å². The number of fused-ring (bicyclic) bond motifs is 1. The van der Waals surface area contributed by atoms with E-state index < -0.39 is 12.6 Å². The summed E-state index contributed by atoms with van der Waals surface area (Å²) in [4.78, 5) is 23.5. The Labute approximate surface area is 122 Å². The van der Waals surface area contributed by atoms with Crippen LogP contribution in [0.5, 0.6) is 11.5 Å². The molecule has 0 fully saturated rings. The summed E-state index contributed by atoms with van der Waals surface area (Å²) in [6.45, 7) is 0.683. The van der Waals surface area contributed by atoms with E-state index in [4.69, 9.17) is 19.3 Å². The van der Waals surface area contributed by atoms with Gasteiger partial charge in [0.1, 0.15) is 26.4 Å². The number of amides is 1. The fourth-order valence-electron chi connectivity index (χ4n) is 1.88. The van der Waals surface area contributed by atoms with Gasteiger partial charge in [-0.05, 0) is 17.7 Å². The maximum Gasteiger partial charge on any atom is 0.329 e. The average molecular weight is 295 g/mol. The Morgan fingerprint density at radius 3 is 2.67 bits per heavy atom. The minimum atomic E-state index is -1.10. The highest BCUT2D eigenvalue weighted by Gasteiger charge is 2.14. The minimum Gasteiger partial charge on any atom is -0.486 e. The zero-order valence-electron chi connectivity index (χ0n) is 11.7. The molecule has 21 heavy (non-hydrogen) atoms. The van der Waals surface area contributed by atoms with Crippen molar-refractivity contribution in [1.29, 1.82) is 0 Å². The van der Waals surface area contributed by atoms with E-state index in [0.29, 0.717) is 31.3 Å². The number of hydrogen-bond acceptors (Lipinski definition) is 5. The fraction of sp³-hybridized carbons (Fsp3) is 0.429. The first kappa shape index (κ1) is 15.1. The van der Waals surface area contributed by atoms with Crippen LogP contribution in [0.3, 0.4) is 0 Å². The molecule has 7 heteroatoms. The molecule has 0 saturated heterocycles. The Balaban J connectivity index is 1.88. The van der Waals surface area contributed by atoms with E-state index in [2.05, 4.69) is 0 Å². The lowest BCUT2D eigenvalue weighted by Gasteiger charge is -2.21. The van der Waals surface area contributed by atoms with Crippen molar-refractivity contribution in [1.82, 2.24) is 4.90 Å². The number of rotatable bonds is 6. The number of benzene rings is 1. The number of carbonyl (C=O) groups excluding carboxylic acids is 1. The number of ether oxygens (including phenoxy) is 3. The van der Waals surface area contributed by atoms with Crippen LogP contribution in [0.25, 0.3) is 0 Å². The molecule has 0 radical (unpaired) electrons. The predicted molar refractivity (Wildman–Crippen MR) is 72.4 cm³/mol. The topological polar surface area (TPSA) is 85.3 Å². The summed E-state index contributed by atoms with van der Waals surface area (Å²) in [6, 6.07) is 5.49. The van der Waals surface area contributed by atoms with Crippen LogP contribution in [0.4, 0.5) is 0 Å². The molecule has 1 aromatic carbocycles. The summed E-state index contributed by atoms with van der Waals surface area (Å²) < 4.78 is 15.7. The summed E-state index contributed by atoms with van der Waals surface area (Å²) in [5.74, 6) is -0.0195. The second-order valence-electron chi connectivity index (χ2n) is 4.61. The molecule has 1 aliphatic rings. The quantitative estimate of drug-likeness (QED) is 0.823. The molecule has 1 aromatic rings. The number of hydrogen-bond donors (Lipinski definition) is 1. The van der Waals surface area contributed by atoms with Crippen molar-refractivity contribution in [2.24, 2.45) is 0 Å². The molecule has 1 heterocycles. The van der Waals surface area contributed by atoms with Crippen LogP contribution in [-0.2, 0) is 20.9 Å². The first-order valence-corrected chi connectivity index (χ1v) is 6.48.